The summed E-state index contributed by atoms with van der Waals surface area (Å²) in [4.78, 5) is 16.0. The van der Waals surface area contributed by atoms with E-state index in [4.69, 9.17) is 0 Å². The van der Waals surface area contributed by atoms with Crippen LogP contribution in [0.3, 0.4) is 0 Å². The molecule has 1 aromatic heterocycles. The molecule has 0 aliphatic heterocycles. The summed E-state index contributed by atoms with van der Waals surface area (Å²) in [5.74, 6) is -0.356. The number of nitrogens with zero attached hydrogens (tertiary/aromatic N) is 1. The first-order valence-corrected chi connectivity index (χ1v) is 6.56. The van der Waals surface area contributed by atoms with Gasteiger partial charge in [0.25, 0.3) is 5.91 Å². The average molecular weight is 321 g/mol. The van der Waals surface area contributed by atoms with E-state index in [-0.39, 0.29) is 23.3 Å². The van der Waals surface area contributed by atoms with Crippen LogP contribution in [0, 0.1) is 0 Å². The van der Waals surface area contributed by atoms with Gasteiger partial charge in [-0.3, -0.25) is 9.78 Å². The van der Waals surface area contributed by atoms with Crippen LogP contribution in [0.15, 0.2) is 47.2 Å². The number of rotatable bonds is 3. The van der Waals surface area contributed by atoms with Crippen molar-refractivity contribution in [3.8, 4) is 5.75 Å². The number of amides is 1. The summed E-state index contributed by atoms with van der Waals surface area (Å²) in [5.41, 5.74) is 1.20. The molecule has 1 unspecified atom stereocenters. The van der Waals surface area contributed by atoms with Crippen molar-refractivity contribution in [3.63, 3.8) is 0 Å². The zero-order chi connectivity index (χ0) is 13.8. The number of carbonyl (C=O) groups excluding carboxylic acids is 1. The predicted octanol–water partition coefficient (Wildman–Crippen LogP) is 3.04. The molecule has 0 saturated heterocycles. The van der Waals surface area contributed by atoms with Crippen molar-refractivity contribution in [2.24, 2.45) is 0 Å². The van der Waals surface area contributed by atoms with E-state index in [2.05, 4.69) is 26.2 Å². The Morgan fingerprint density at radius 1 is 1.32 bits per heavy atom. The van der Waals surface area contributed by atoms with Gasteiger partial charge < -0.3 is 10.4 Å². The molecule has 1 atom stereocenters. The quantitative estimate of drug-likeness (QED) is 0.913. The molecular formula is C14H13BrN2O2. The highest BCUT2D eigenvalue weighted by Crippen LogP contribution is 2.22. The fourth-order valence-corrected chi connectivity index (χ4v) is 2.06. The van der Waals surface area contributed by atoms with Crippen molar-refractivity contribution in [3.05, 3.63) is 58.3 Å². The van der Waals surface area contributed by atoms with Crippen LogP contribution >= 0.6 is 15.9 Å². The molecule has 0 aliphatic carbocycles. The third-order valence-electron chi connectivity index (χ3n) is 2.76. The second-order valence-corrected chi connectivity index (χ2v) is 5.05. The van der Waals surface area contributed by atoms with Gasteiger partial charge in [0, 0.05) is 16.9 Å². The molecule has 1 heterocycles. The number of phenolic OH excluding ortho intramolecular Hbond substituents is 1. The van der Waals surface area contributed by atoms with Crippen LogP contribution in [0.5, 0.6) is 5.75 Å². The number of phenols is 1. The van der Waals surface area contributed by atoms with Crippen LogP contribution in [0.4, 0.5) is 0 Å². The Balaban J connectivity index is 2.15. The summed E-state index contributed by atoms with van der Waals surface area (Å²) in [6.07, 6.45) is 3.35. The van der Waals surface area contributed by atoms with Crippen molar-refractivity contribution in [2.45, 2.75) is 13.0 Å². The number of hydrogen-bond acceptors (Lipinski definition) is 3. The zero-order valence-corrected chi connectivity index (χ0v) is 11.9. The Bertz CT molecular complexity index is 587. The van der Waals surface area contributed by atoms with Crippen LogP contribution in [0.1, 0.15) is 28.9 Å². The highest BCUT2D eigenvalue weighted by molar-refractivity contribution is 9.10. The maximum absolute atomic E-state index is 12.1. The number of halogens is 1. The Labute approximate surface area is 119 Å². The second-order valence-electron chi connectivity index (χ2n) is 4.14. The molecule has 2 rings (SSSR count). The molecule has 2 N–H and O–H groups in total. The minimum atomic E-state index is -0.317. The van der Waals surface area contributed by atoms with Crippen LogP contribution in [-0.4, -0.2) is 16.0 Å². The monoisotopic (exact) mass is 320 g/mol. The Kier molecular flexibility index (Phi) is 4.16. The number of aromatic hydroxyl groups is 1. The standard InChI is InChI=1S/C14H13BrN2O2/c1-9(10-4-6-16-7-5-10)17-14(19)12-8-11(15)2-3-13(12)18/h2-9,18H,1H3,(H,17,19). The SMILES string of the molecule is CC(NC(=O)c1cc(Br)ccc1O)c1ccncc1. The van der Waals surface area contributed by atoms with E-state index in [9.17, 15) is 9.90 Å². The van der Waals surface area contributed by atoms with E-state index >= 15 is 0 Å². The first-order chi connectivity index (χ1) is 9.08. The fraction of sp³-hybridized carbons (Fsp3) is 0.143. The van der Waals surface area contributed by atoms with E-state index in [1.165, 1.54) is 6.07 Å². The predicted molar refractivity (Wildman–Crippen MR) is 75.9 cm³/mol. The number of nitrogens with one attached hydrogen (secondary N) is 1. The number of carbonyl (C=O) groups is 1. The molecule has 0 aliphatic rings. The number of aromatic nitrogens is 1. The minimum absolute atomic E-state index is 0.0392. The molecule has 5 heteroatoms. The van der Waals surface area contributed by atoms with Crippen molar-refractivity contribution in [2.75, 3.05) is 0 Å². The largest absolute Gasteiger partial charge is 0.507 e. The minimum Gasteiger partial charge on any atom is -0.507 e. The highest BCUT2D eigenvalue weighted by Gasteiger charge is 2.15. The third kappa shape index (κ3) is 3.32. The topological polar surface area (TPSA) is 62.2 Å². The Morgan fingerprint density at radius 3 is 2.68 bits per heavy atom. The van der Waals surface area contributed by atoms with Crippen molar-refractivity contribution in [1.82, 2.24) is 10.3 Å². The lowest BCUT2D eigenvalue weighted by Crippen LogP contribution is -2.26. The van der Waals surface area contributed by atoms with Gasteiger partial charge in [0.05, 0.1) is 11.6 Å². The van der Waals surface area contributed by atoms with E-state index in [0.717, 1.165) is 10.0 Å². The molecule has 0 radical (unpaired) electrons. The molecule has 98 valence electrons. The summed E-state index contributed by atoms with van der Waals surface area (Å²) < 4.78 is 0.743. The van der Waals surface area contributed by atoms with E-state index < -0.39 is 0 Å². The third-order valence-corrected chi connectivity index (χ3v) is 3.25. The molecule has 0 spiro atoms. The number of pyridine rings is 1. The Morgan fingerprint density at radius 2 is 2.00 bits per heavy atom. The van der Waals surface area contributed by atoms with Crippen LogP contribution in [-0.2, 0) is 0 Å². The van der Waals surface area contributed by atoms with Gasteiger partial charge in [0.1, 0.15) is 5.75 Å². The van der Waals surface area contributed by atoms with Gasteiger partial charge in [0.15, 0.2) is 0 Å². The molecule has 4 nitrogen and oxygen atoms in total. The summed E-state index contributed by atoms with van der Waals surface area (Å²) >= 11 is 3.28. The van der Waals surface area contributed by atoms with Gasteiger partial charge in [0.2, 0.25) is 0 Å². The average Bonchev–Trinajstić information content (AvgIpc) is 2.42. The lowest BCUT2D eigenvalue weighted by atomic mass is 10.1. The second kappa shape index (κ2) is 5.84. The van der Waals surface area contributed by atoms with Gasteiger partial charge in [-0.05, 0) is 42.8 Å². The van der Waals surface area contributed by atoms with Gasteiger partial charge in [-0.15, -0.1) is 0 Å². The summed E-state index contributed by atoms with van der Waals surface area (Å²) in [5, 5.41) is 12.5. The summed E-state index contributed by atoms with van der Waals surface area (Å²) in [6, 6.07) is 8.27. The lowest BCUT2D eigenvalue weighted by Gasteiger charge is -2.14. The first-order valence-electron chi connectivity index (χ1n) is 5.77. The Hall–Kier alpha value is -1.88. The fourth-order valence-electron chi connectivity index (χ4n) is 1.70. The first kappa shape index (κ1) is 13.5. The van der Waals surface area contributed by atoms with Crippen LogP contribution in [0.2, 0.25) is 0 Å². The summed E-state index contributed by atoms with van der Waals surface area (Å²) in [6.45, 7) is 1.88. The van der Waals surface area contributed by atoms with E-state index in [0.29, 0.717) is 0 Å². The normalized spacial score (nSPS) is 11.9. The van der Waals surface area contributed by atoms with Crippen LogP contribution in [0.25, 0.3) is 0 Å². The maximum Gasteiger partial charge on any atom is 0.255 e. The molecule has 19 heavy (non-hydrogen) atoms. The van der Waals surface area contributed by atoms with Gasteiger partial charge >= 0.3 is 0 Å². The van der Waals surface area contributed by atoms with Crippen molar-refractivity contribution >= 4 is 21.8 Å². The molecule has 1 amide bonds. The van der Waals surface area contributed by atoms with Crippen LogP contribution < -0.4 is 5.32 Å². The summed E-state index contributed by atoms with van der Waals surface area (Å²) in [7, 11) is 0. The van der Waals surface area contributed by atoms with E-state index in [1.54, 1.807) is 24.5 Å². The molecule has 0 fully saturated rings. The smallest absolute Gasteiger partial charge is 0.255 e. The van der Waals surface area contributed by atoms with Gasteiger partial charge in [-0.25, -0.2) is 0 Å². The molecule has 0 bridgehead atoms. The van der Waals surface area contributed by atoms with Crippen molar-refractivity contribution < 1.29 is 9.90 Å². The number of benzene rings is 1. The molecular weight excluding hydrogens is 308 g/mol. The molecule has 0 saturated carbocycles. The molecule has 1 aromatic carbocycles. The van der Waals surface area contributed by atoms with Gasteiger partial charge in [-0.2, -0.15) is 0 Å². The lowest BCUT2D eigenvalue weighted by molar-refractivity contribution is 0.0937. The highest BCUT2D eigenvalue weighted by atomic mass is 79.9. The zero-order valence-electron chi connectivity index (χ0n) is 10.3. The van der Waals surface area contributed by atoms with Gasteiger partial charge in [-0.1, -0.05) is 15.9 Å². The molecule has 2 aromatic rings. The maximum atomic E-state index is 12.1. The van der Waals surface area contributed by atoms with Crippen molar-refractivity contribution in [1.29, 1.82) is 0 Å². The number of hydrogen-bond donors (Lipinski definition) is 2. The van der Waals surface area contributed by atoms with E-state index in [1.807, 2.05) is 19.1 Å².